The molecule has 0 bridgehead atoms. The number of hydrogen-bond donors (Lipinski definition) is 2. The minimum atomic E-state index is -0.538. The summed E-state index contributed by atoms with van der Waals surface area (Å²) >= 11 is 3.19. The molecule has 0 spiro atoms. The van der Waals surface area contributed by atoms with Gasteiger partial charge in [-0.25, -0.2) is 4.79 Å². The van der Waals surface area contributed by atoms with Crippen molar-refractivity contribution in [1.29, 1.82) is 0 Å². The van der Waals surface area contributed by atoms with E-state index in [1.807, 2.05) is 0 Å². The standard InChI is InChI=1S/C8H5BrN2O3/c9-4-1-6(14-3-4)5-2-10-8(13)11-7(5)12/h1-3H,(H2,10,11,12,13). The van der Waals surface area contributed by atoms with Crippen LogP contribution in [0.25, 0.3) is 11.3 Å². The highest BCUT2D eigenvalue weighted by molar-refractivity contribution is 9.10. The lowest BCUT2D eigenvalue weighted by Gasteiger charge is -1.92. The zero-order chi connectivity index (χ0) is 10.1. The molecule has 0 aromatic carbocycles. The van der Waals surface area contributed by atoms with Crippen molar-refractivity contribution < 1.29 is 4.42 Å². The molecule has 0 saturated carbocycles. The molecule has 0 radical (unpaired) electrons. The second-order valence-corrected chi connectivity index (χ2v) is 3.53. The molecule has 0 amide bonds. The summed E-state index contributed by atoms with van der Waals surface area (Å²) in [6.07, 6.45) is 2.77. The lowest BCUT2D eigenvalue weighted by molar-refractivity contribution is 0.579. The summed E-state index contributed by atoms with van der Waals surface area (Å²) in [5.41, 5.74) is -0.727. The molecule has 14 heavy (non-hydrogen) atoms. The fourth-order valence-corrected chi connectivity index (χ4v) is 1.35. The molecule has 2 heterocycles. The molecule has 0 aliphatic heterocycles. The maximum Gasteiger partial charge on any atom is 0.325 e. The van der Waals surface area contributed by atoms with E-state index in [2.05, 4.69) is 25.9 Å². The topological polar surface area (TPSA) is 78.9 Å². The Hall–Kier alpha value is -1.56. The maximum absolute atomic E-state index is 11.3. The third-order valence-corrected chi connectivity index (χ3v) is 2.07. The summed E-state index contributed by atoms with van der Waals surface area (Å²) < 4.78 is 5.82. The van der Waals surface area contributed by atoms with Gasteiger partial charge in [0, 0.05) is 6.20 Å². The molecule has 2 N–H and O–H groups in total. The highest BCUT2D eigenvalue weighted by Gasteiger charge is 2.07. The Kier molecular flexibility index (Phi) is 2.12. The first kappa shape index (κ1) is 9.01. The molecule has 6 heteroatoms. The maximum atomic E-state index is 11.3. The molecule has 72 valence electrons. The fourth-order valence-electron chi connectivity index (χ4n) is 1.05. The van der Waals surface area contributed by atoms with Gasteiger partial charge < -0.3 is 9.40 Å². The molecule has 2 aromatic heterocycles. The summed E-state index contributed by atoms with van der Waals surface area (Å²) in [7, 11) is 0. The van der Waals surface area contributed by atoms with Crippen LogP contribution in [0.15, 0.2) is 37.0 Å². The van der Waals surface area contributed by atoms with Crippen molar-refractivity contribution in [2.45, 2.75) is 0 Å². The van der Waals surface area contributed by atoms with E-state index in [1.54, 1.807) is 6.07 Å². The molecule has 0 unspecified atom stereocenters. The molecule has 0 atom stereocenters. The van der Waals surface area contributed by atoms with Gasteiger partial charge in [-0.05, 0) is 22.0 Å². The number of rotatable bonds is 1. The molecular formula is C8H5BrN2O3. The zero-order valence-electron chi connectivity index (χ0n) is 6.83. The minimum absolute atomic E-state index is 0.287. The van der Waals surface area contributed by atoms with E-state index in [-0.39, 0.29) is 5.56 Å². The summed E-state index contributed by atoms with van der Waals surface area (Å²) in [6, 6.07) is 1.64. The first-order valence-corrected chi connectivity index (χ1v) is 4.52. The summed E-state index contributed by atoms with van der Waals surface area (Å²) in [5.74, 6) is 0.398. The van der Waals surface area contributed by atoms with Crippen molar-refractivity contribution in [3.63, 3.8) is 0 Å². The van der Waals surface area contributed by atoms with E-state index in [4.69, 9.17) is 4.42 Å². The highest BCUT2D eigenvalue weighted by atomic mass is 79.9. The predicted molar refractivity (Wildman–Crippen MR) is 53.1 cm³/mol. The van der Waals surface area contributed by atoms with Gasteiger partial charge in [0.25, 0.3) is 5.56 Å². The third kappa shape index (κ3) is 1.56. The normalized spacial score (nSPS) is 10.4. The lowest BCUT2D eigenvalue weighted by atomic mass is 10.3. The van der Waals surface area contributed by atoms with Gasteiger partial charge in [0.2, 0.25) is 0 Å². The predicted octanol–water partition coefficient (Wildman–Crippen LogP) is 1.09. The van der Waals surface area contributed by atoms with Crippen molar-refractivity contribution in [2.24, 2.45) is 0 Å². The summed E-state index contributed by atoms with van der Waals surface area (Å²) in [6.45, 7) is 0. The molecule has 5 nitrogen and oxygen atoms in total. The quantitative estimate of drug-likeness (QED) is 0.802. The summed E-state index contributed by atoms with van der Waals surface area (Å²) in [5, 5.41) is 0. The zero-order valence-corrected chi connectivity index (χ0v) is 8.42. The van der Waals surface area contributed by atoms with Gasteiger partial charge in [0.05, 0.1) is 10.0 Å². The van der Waals surface area contributed by atoms with E-state index < -0.39 is 11.2 Å². The van der Waals surface area contributed by atoms with E-state index in [1.165, 1.54) is 12.5 Å². The van der Waals surface area contributed by atoms with Gasteiger partial charge >= 0.3 is 5.69 Å². The Morgan fingerprint density at radius 1 is 1.36 bits per heavy atom. The van der Waals surface area contributed by atoms with Gasteiger partial charge in [-0.15, -0.1) is 0 Å². The van der Waals surface area contributed by atoms with E-state index >= 15 is 0 Å². The van der Waals surface area contributed by atoms with Crippen LogP contribution in [-0.4, -0.2) is 9.97 Å². The Labute approximate surface area is 85.9 Å². The number of H-pyrrole nitrogens is 2. The van der Waals surface area contributed by atoms with Crippen LogP contribution in [0.3, 0.4) is 0 Å². The largest absolute Gasteiger partial charge is 0.463 e. The van der Waals surface area contributed by atoms with Crippen LogP contribution in [0.2, 0.25) is 0 Å². The van der Waals surface area contributed by atoms with E-state index in [0.29, 0.717) is 5.76 Å². The minimum Gasteiger partial charge on any atom is -0.463 e. The first-order chi connectivity index (χ1) is 6.66. The second kappa shape index (κ2) is 3.30. The van der Waals surface area contributed by atoms with Gasteiger partial charge in [-0.1, -0.05) is 0 Å². The first-order valence-electron chi connectivity index (χ1n) is 3.73. The van der Waals surface area contributed by atoms with Crippen molar-refractivity contribution in [3.8, 4) is 11.3 Å². The third-order valence-electron chi connectivity index (χ3n) is 1.65. The Balaban J connectivity index is 2.63. The van der Waals surface area contributed by atoms with Crippen LogP contribution in [0.1, 0.15) is 0 Å². The summed E-state index contributed by atoms with van der Waals surface area (Å²) in [4.78, 5) is 26.5. The molecule has 0 saturated heterocycles. The number of aromatic nitrogens is 2. The van der Waals surface area contributed by atoms with Crippen LogP contribution in [0.4, 0.5) is 0 Å². The van der Waals surface area contributed by atoms with Crippen LogP contribution in [0.5, 0.6) is 0 Å². The van der Waals surface area contributed by atoms with Gasteiger partial charge in [0.15, 0.2) is 0 Å². The fraction of sp³-hybridized carbons (Fsp3) is 0. The van der Waals surface area contributed by atoms with Crippen molar-refractivity contribution in [2.75, 3.05) is 0 Å². The van der Waals surface area contributed by atoms with Crippen LogP contribution in [0, 0.1) is 0 Å². The van der Waals surface area contributed by atoms with Crippen LogP contribution in [-0.2, 0) is 0 Å². The van der Waals surface area contributed by atoms with Crippen molar-refractivity contribution in [1.82, 2.24) is 9.97 Å². The van der Waals surface area contributed by atoms with Crippen LogP contribution < -0.4 is 11.2 Å². The molecular weight excluding hydrogens is 252 g/mol. The molecule has 0 aliphatic carbocycles. The van der Waals surface area contributed by atoms with Crippen molar-refractivity contribution >= 4 is 15.9 Å². The highest BCUT2D eigenvalue weighted by Crippen LogP contribution is 2.21. The number of nitrogens with one attached hydrogen (secondary N) is 2. The smallest absolute Gasteiger partial charge is 0.325 e. The SMILES string of the molecule is O=c1[nH]cc(-c2cc(Br)co2)c(=O)[nH]1. The molecule has 2 aromatic rings. The van der Waals surface area contributed by atoms with Crippen LogP contribution >= 0.6 is 15.9 Å². The second-order valence-electron chi connectivity index (χ2n) is 2.61. The molecule has 2 rings (SSSR count). The average molecular weight is 257 g/mol. The molecule has 0 fully saturated rings. The van der Waals surface area contributed by atoms with Crippen molar-refractivity contribution in [3.05, 3.63) is 43.8 Å². The Morgan fingerprint density at radius 2 is 2.14 bits per heavy atom. The lowest BCUT2D eigenvalue weighted by Crippen LogP contribution is -2.22. The number of furan rings is 1. The average Bonchev–Trinajstić information content (AvgIpc) is 2.51. The number of halogens is 1. The van der Waals surface area contributed by atoms with Gasteiger partial charge in [0.1, 0.15) is 12.0 Å². The monoisotopic (exact) mass is 256 g/mol. The van der Waals surface area contributed by atoms with Gasteiger partial charge in [-0.2, -0.15) is 0 Å². The molecule has 0 aliphatic rings. The Bertz CT molecular complexity index is 566. The van der Waals surface area contributed by atoms with Gasteiger partial charge in [-0.3, -0.25) is 9.78 Å². The van der Waals surface area contributed by atoms with E-state index in [0.717, 1.165) is 4.47 Å². The van der Waals surface area contributed by atoms with E-state index in [9.17, 15) is 9.59 Å². The number of aromatic amines is 2. The Morgan fingerprint density at radius 3 is 2.71 bits per heavy atom. The number of hydrogen-bond acceptors (Lipinski definition) is 3.